The third-order valence-electron chi connectivity index (χ3n) is 3.17. The molecule has 3 N–H and O–H groups in total. The van der Waals surface area contributed by atoms with Gasteiger partial charge in [0.15, 0.2) is 0 Å². The summed E-state index contributed by atoms with van der Waals surface area (Å²) in [6.07, 6.45) is 0.704. The van der Waals surface area contributed by atoms with E-state index in [1.165, 1.54) is 0 Å². The minimum absolute atomic E-state index is 0.0400. The Labute approximate surface area is 137 Å². The van der Waals surface area contributed by atoms with Gasteiger partial charge in [0.25, 0.3) is 0 Å². The lowest BCUT2D eigenvalue weighted by atomic mass is 9.98. The first-order valence-electron chi connectivity index (χ1n) is 6.17. The molecule has 0 aliphatic carbocycles. The van der Waals surface area contributed by atoms with Gasteiger partial charge in [0.05, 0.1) is 6.04 Å². The molecule has 0 bridgehead atoms. The summed E-state index contributed by atoms with van der Waals surface area (Å²) in [7, 11) is 0. The predicted octanol–water partition coefficient (Wildman–Crippen LogP) is 4.81. The summed E-state index contributed by atoms with van der Waals surface area (Å²) in [4.78, 5) is 0. The SMILES string of the molecule is Cc1ccc(CC(NN)c2ccc(Cl)cc2Br)c(Cl)c1. The Morgan fingerprint density at radius 2 is 1.95 bits per heavy atom. The minimum Gasteiger partial charge on any atom is -0.271 e. The van der Waals surface area contributed by atoms with Crippen LogP contribution in [0.2, 0.25) is 10.0 Å². The van der Waals surface area contributed by atoms with Gasteiger partial charge in [-0.3, -0.25) is 11.3 Å². The van der Waals surface area contributed by atoms with E-state index < -0.39 is 0 Å². The van der Waals surface area contributed by atoms with E-state index in [4.69, 9.17) is 29.0 Å². The first-order chi connectivity index (χ1) is 9.51. The summed E-state index contributed by atoms with van der Waals surface area (Å²) in [6.45, 7) is 2.02. The molecule has 2 rings (SSSR count). The van der Waals surface area contributed by atoms with Crippen molar-refractivity contribution in [3.05, 3.63) is 67.6 Å². The molecule has 0 heterocycles. The van der Waals surface area contributed by atoms with Gasteiger partial charge in [0, 0.05) is 14.5 Å². The molecular formula is C15H15BrCl2N2. The van der Waals surface area contributed by atoms with Gasteiger partial charge in [-0.25, -0.2) is 0 Å². The van der Waals surface area contributed by atoms with E-state index in [2.05, 4.69) is 21.4 Å². The van der Waals surface area contributed by atoms with Crippen molar-refractivity contribution in [2.75, 3.05) is 0 Å². The Balaban J connectivity index is 2.28. The Kier molecular flexibility index (Phi) is 5.47. The summed E-state index contributed by atoms with van der Waals surface area (Å²) >= 11 is 15.8. The van der Waals surface area contributed by atoms with Crippen molar-refractivity contribution in [1.29, 1.82) is 0 Å². The van der Waals surface area contributed by atoms with Crippen LogP contribution in [0.5, 0.6) is 0 Å². The number of nitrogens with two attached hydrogens (primary N) is 1. The third-order valence-corrected chi connectivity index (χ3v) is 4.45. The van der Waals surface area contributed by atoms with Crippen LogP contribution < -0.4 is 11.3 Å². The number of benzene rings is 2. The largest absolute Gasteiger partial charge is 0.271 e. The van der Waals surface area contributed by atoms with Gasteiger partial charge in [0.1, 0.15) is 0 Å². The number of hydrogen-bond acceptors (Lipinski definition) is 2. The summed E-state index contributed by atoms with van der Waals surface area (Å²) in [6, 6.07) is 11.7. The molecule has 1 unspecified atom stereocenters. The molecule has 0 aromatic heterocycles. The number of hydrazine groups is 1. The second kappa shape index (κ2) is 6.92. The lowest BCUT2D eigenvalue weighted by molar-refractivity contribution is 0.550. The number of rotatable bonds is 4. The monoisotopic (exact) mass is 372 g/mol. The fraction of sp³-hybridized carbons (Fsp3) is 0.200. The van der Waals surface area contributed by atoms with Crippen LogP contribution in [0, 0.1) is 6.92 Å². The molecule has 106 valence electrons. The maximum Gasteiger partial charge on any atom is 0.0512 e. The van der Waals surface area contributed by atoms with Crippen molar-refractivity contribution in [2.45, 2.75) is 19.4 Å². The average molecular weight is 374 g/mol. The van der Waals surface area contributed by atoms with Gasteiger partial charge in [-0.1, -0.05) is 57.3 Å². The Morgan fingerprint density at radius 1 is 1.20 bits per heavy atom. The fourth-order valence-electron chi connectivity index (χ4n) is 2.08. The minimum atomic E-state index is -0.0400. The molecule has 0 fully saturated rings. The van der Waals surface area contributed by atoms with Gasteiger partial charge in [-0.05, 0) is 48.2 Å². The Morgan fingerprint density at radius 3 is 2.55 bits per heavy atom. The molecule has 0 radical (unpaired) electrons. The van der Waals surface area contributed by atoms with Crippen molar-refractivity contribution in [3.8, 4) is 0 Å². The highest BCUT2D eigenvalue weighted by molar-refractivity contribution is 9.10. The molecule has 0 spiro atoms. The highest BCUT2D eigenvalue weighted by atomic mass is 79.9. The molecule has 5 heteroatoms. The first-order valence-corrected chi connectivity index (χ1v) is 7.72. The van der Waals surface area contributed by atoms with Crippen LogP contribution in [-0.4, -0.2) is 0 Å². The van der Waals surface area contributed by atoms with E-state index >= 15 is 0 Å². The lowest BCUT2D eigenvalue weighted by Gasteiger charge is -2.19. The molecule has 0 saturated heterocycles. The number of aryl methyl sites for hydroxylation is 1. The van der Waals surface area contributed by atoms with Crippen molar-refractivity contribution in [3.63, 3.8) is 0 Å². The van der Waals surface area contributed by atoms with Crippen LogP contribution in [0.3, 0.4) is 0 Å². The fourth-order valence-corrected chi connectivity index (χ4v) is 3.35. The summed E-state index contributed by atoms with van der Waals surface area (Å²) in [5.41, 5.74) is 6.09. The molecule has 20 heavy (non-hydrogen) atoms. The standard InChI is InChI=1S/C15H15BrCl2N2/c1-9-2-3-10(14(18)6-9)7-15(20-19)12-5-4-11(17)8-13(12)16/h2-6,8,15,20H,7,19H2,1H3. The molecule has 2 aromatic rings. The zero-order valence-corrected chi connectivity index (χ0v) is 14.1. The number of halogens is 3. The quantitative estimate of drug-likeness (QED) is 0.596. The normalized spacial score (nSPS) is 12.4. The maximum absolute atomic E-state index is 6.28. The van der Waals surface area contributed by atoms with Crippen LogP contribution in [0.15, 0.2) is 40.9 Å². The first kappa shape index (κ1) is 15.8. The average Bonchev–Trinajstić information content (AvgIpc) is 2.39. The van der Waals surface area contributed by atoms with Crippen LogP contribution >= 0.6 is 39.1 Å². The van der Waals surface area contributed by atoms with Crippen molar-refractivity contribution >= 4 is 39.1 Å². The van der Waals surface area contributed by atoms with Gasteiger partial charge in [0.2, 0.25) is 0 Å². The third kappa shape index (κ3) is 3.74. The molecule has 0 aliphatic heterocycles. The van der Waals surface area contributed by atoms with E-state index in [-0.39, 0.29) is 6.04 Å². The maximum atomic E-state index is 6.28. The Bertz CT molecular complexity index is 617. The lowest BCUT2D eigenvalue weighted by Crippen LogP contribution is -2.30. The summed E-state index contributed by atoms with van der Waals surface area (Å²) in [5, 5.41) is 1.44. The van der Waals surface area contributed by atoms with Crippen LogP contribution in [-0.2, 0) is 6.42 Å². The molecule has 0 amide bonds. The Hall–Kier alpha value is -0.580. The second-order valence-electron chi connectivity index (χ2n) is 4.68. The highest BCUT2D eigenvalue weighted by Gasteiger charge is 2.15. The molecular weight excluding hydrogens is 359 g/mol. The van der Waals surface area contributed by atoms with Crippen molar-refractivity contribution in [2.24, 2.45) is 5.84 Å². The van der Waals surface area contributed by atoms with E-state index in [0.29, 0.717) is 11.4 Å². The molecule has 0 saturated carbocycles. The predicted molar refractivity (Wildman–Crippen MR) is 89.1 cm³/mol. The van der Waals surface area contributed by atoms with Crippen molar-refractivity contribution in [1.82, 2.24) is 5.43 Å². The molecule has 1 atom stereocenters. The van der Waals surface area contributed by atoms with E-state index in [9.17, 15) is 0 Å². The number of nitrogens with one attached hydrogen (secondary N) is 1. The van der Waals surface area contributed by atoms with Crippen LogP contribution in [0.4, 0.5) is 0 Å². The van der Waals surface area contributed by atoms with E-state index in [0.717, 1.165) is 26.2 Å². The van der Waals surface area contributed by atoms with Gasteiger partial charge >= 0.3 is 0 Å². The van der Waals surface area contributed by atoms with Gasteiger partial charge < -0.3 is 0 Å². The topological polar surface area (TPSA) is 38.0 Å². The van der Waals surface area contributed by atoms with Gasteiger partial charge in [-0.15, -0.1) is 0 Å². The van der Waals surface area contributed by atoms with Crippen LogP contribution in [0.25, 0.3) is 0 Å². The smallest absolute Gasteiger partial charge is 0.0512 e. The van der Waals surface area contributed by atoms with E-state index in [1.54, 1.807) is 0 Å². The van der Waals surface area contributed by atoms with Gasteiger partial charge in [-0.2, -0.15) is 0 Å². The molecule has 0 aliphatic rings. The van der Waals surface area contributed by atoms with Crippen LogP contribution in [0.1, 0.15) is 22.7 Å². The van der Waals surface area contributed by atoms with E-state index in [1.807, 2.05) is 43.3 Å². The summed E-state index contributed by atoms with van der Waals surface area (Å²) < 4.78 is 0.927. The summed E-state index contributed by atoms with van der Waals surface area (Å²) in [5.74, 6) is 5.69. The molecule has 2 aromatic carbocycles. The molecule has 2 nitrogen and oxygen atoms in total. The second-order valence-corrected chi connectivity index (χ2v) is 6.38. The number of hydrogen-bond donors (Lipinski definition) is 2. The highest BCUT2D eigenvalue weighted by Crippen LogP contribution is 2.30. The zero-order chi connectivity index (χ0) is 14.7. The van der Waals surface area contributed by atoms with Crippen molar-refractivity contribution < 1.29 is 0 Å². The zero-order valence-electron chi connectivity index (χ0n) is 11.0.